The molecule has 0 saturated carbocycles. The highest BCUT2D eigenvalue weighted by Gasteiger charge is 2.42. The van der Waals surface area contributed by atoms with Crippen LogP contribution < -0.4 is 10.1 Å². The Morgan fingerprint density at radius 1 is 0.952 bits per heavy atom. The molecule has 0 aliphatic carbocycles. The molecule has 0 unspecified atom stereocenters. The third kappa shape index (κ3) is 7.05. The van der Waals surface area contributed by atoms with Gasteiger partial charge in [0, 0.05) is 50.0 Å². The SMILES string of the molecule is CC(=O)NC1(c2ccccc2)CCN(CC(=O)N2C[C@@H]([C@H](C)Oc3ccc(Cl)cc3)[C@@H](c3ccc(Cl)c(Cl)c3)C2)CC1. The smallest absolute Gasteiger partial charge is 0.236 e. The van der Waals surface area contributed by atoms with Gasteiger partial charge < -0.3 is 15.0 Å². The minimum absolute atomic E-state index is 0.0397. The van der Waals surface area contributed by atoms with E-state index in [9.17, 15) is 9.59 Å². The Bertz CT molecular complexity index is 1390. The molecule has 2 saturated heterocycles. The van der Waals surface area contributed by atoms with Crippen LogP contribution in [0.25, 0.3) is 0 Å². The zero-order valence-corrected chi connectivity index (χ0v) is 26.1. The summed E-state index contributed by atoms with van der Waals surface area (Å²) >= 11 is 18.7. The predicted octanol–water partition coefficient (Wildman–Crippen LogP) is 6.78. The van der Waals surface area contributed by atoms with Crippen molar-refractivity contribution in [2.45, 2.75) is 44.2 Å². The van der Waals surface area contributed by atoms with Gasteiger partial charge in [0.1, 0.15) is 11.9 Å². The third-order valence-electron chi connectivity index (χ3n) is 8.64. The fourth-order valence-corrected chi connectivity index (χ4v) is 6.82. The monoisotopic (exact) mass is 627 g/mol. The highest BCUT2D eigenvalue weighted by Crippen LogP contribution is 2.39. The number of carbonyl (C=O) groups is 2. The molecule has 0 spiro atoms. The van der Waals surface area contributed by atoms with Gasteiger partial charge in [0.15, 0.2) is 0 Å². The van der Waals surface area contributed by atoms with Gasteiger partial charge in [0.2, 0.25) is 11.8 Å². The van der Waals surface area contributed by atoms with Crippen LogP contribution >= 0.6 is 34.8 Å². The molecule has 6 nitrogen and oxygen atoms in total. The first-order valence-corrected chi connectivity index (χ1v) is 15.5. The van der Waals surface area contributed by atoms with Crippen LogP contribution in [0.15, 0.2) is 72.8 Å². The van der Waals surface area contributed by atoms with Crippen molar-refractivity contribution in [3.8, 4) is 5.75 Å². The van der Waals surface area contributed by atoms with Crippen LogP contribution in [0.3, 0.4) is 0 Å². The highest BCUT2D eigenvalue weighted by molar-refractivity contribution is 6.42. The van der Waals surface area contributed by atoms with Crippen molar-refractivity contribution >= 4 is 46.6 Å². The first-order chi connectivity index (χ1) is 20.1. The molecule has 2 aliphatic rings. The maximum absolute atomic E-state index is 13.7. The molecule has 0 radical (unpaired) electrons. The van der Waals surface area contributed by atoms with E-state index in [2.05, 4.69) is 22.3 Å². The molecular weight excluding hydrogens is 593 g/mol. The minimum Gasteiger partial charge on any atom is -0.490 e. The largest absolute Gasteiger partial charge is 0.490 e. The number of nitrogens with one attached hydrogen (secondary N) is 1. The molecule has 0 bridgehead atoms. The summed E-state index contributed by atoms with van der Waals surface area (Å²) in [5, 5.41) is 4.86. The number of benzene rings is 3. The van der Waals surface area contributed by atoms with E-state index in [1.54, 1.807) is 6.92 Å². The molecule has 0 aromatic heterocycles. The molecule has 1 N–H and O–H groups in total. The lowest BCUT2D eigenvalue weighted by molar-refractivity contribution is -0.132. The molecule has 2 aliphatic heterocycles. The van der Waals surface area contributed by atoms with Gasteiger partial charge in [0.25, 0.3) is 0 Å². The summed E-state index contributed by atoms with van der Waals surface area (Å²) in [5.41, 5.74) is 1.73. The maximum Gasteiger partial charge on any atom is 0.236 e. The summed E-state index contributed by atoms with van der Waals surface area (Å²) < 4.78 is 6.33. The Hall–Kier alpha value is -2.77. The van der Waals surface area contributed by atoms with Gasteiger partial charge in [-0.1, -0.05) is 71.2 Å². The molecule has 3 aromatic rings. The van der Waals surface area contributed by atoms with Crippen LogP contribution in [0.2, 0.25) is 15.1 Å². The molecule has 42 heavy (non-hydrogen) atoms. The first kappa shape index (κ1) is 30.7. The van der Waals surface area contributed by atoms with E-state index in [1.165, 1.54) is 0 Å². The second-order valence-corrected chi connectivity index (χ2v) is 12.7. The van der Waals surface area contributed by atoms with Crippen LogP contribution in [0, 0.1) is 5.92 Å². The van der Waals surface area contributed by atoms with Crippen LogP contribution in [-0.4, -0.2) is 60.4 Å². The van der Waals surface area contributed by atoms with E-state index in [0.29, 0.717) is 47.8 Å². The second kappa shape index (κ2) is 13.3. The molecule has 2 fully saturated rings. The van der Waals surface area contributed by atoms with E-state index in [-0.39, 0.29) is 29.8 Å². The Kier molecular flexibility index (Phi) is 9.68. The van der Waals surface area contributed by atoms with Crippen LogP contribution in [-0.2, 0) is 15.1 Å². The Balaban J connectivity index is 1.28. The number of hydrogen-bond acceptors (Lipinski definition) is 4. The predicted molar refractivity (Wildman–Crippen MR) is 168 cm³/mol. The van der Waals surface area contributed by atoms with Gasteiger partial charge in [-0.2, -0.15) is 0 Å². The number of hydrogen-bond donors (Lipinski definition) is 1. The topological polar surface area (TPSA) is 61.9 Å². The lowest BCUT2D eigenvalue weighted by atomic mass is 9.80. The van der Waals surface area contributed by atoms with E-state index in [4.69, 9.17) is 39.5 Å². The summed E-state index contributed by atoms with van der Waals surface area (Å²) in [5.74, 6) is 0.869. The average molecular weight is 629 g/mol. The van der Waals surface area contributed by atoms with Gasteiger partial charge >= 0.3 is 0 Å². The van der Waals surface area contributed by atoms with Gasteiger partial charge in [-0.15, -0.1) is 0 Å². The Labute approximate surface area is 262 Å². The highest BCUT2D eigenvalue weighted by atomic mass is 35.5. The van der Waals surface area contributed by atoms with Gasteiger partial charge in [-0.25, -0.2) is 0 Å². The number of amides is 2. The van der Waals surface area contributed by atoms with Crippen LogP contribution in [0.4, 0.5) is 0 Å². The van der Waals surface area contributed by atoms with E-state index < -0.39 is 5.54 Å². The van der Waals surface area contributed by atoms with Crippen molar-refractivity contribution < 1.29 is 14.3 Å². The molecule has 3 aromatic carbocycles. The summed E-state index contributed by atoms with van der Waals surface area (Å²) in [6.07, 6.45) is 1.32. The molecule has 5 rings (SSSR count). The molecule has 9 heteroatoms. The zero-order valence-electron chi connectivity index (χ0n) is 23.9. The Morgan fingerprint density at radius 3 is 2.29 bits per heavy atom. The second-order valence-electron chi connectivity index (χ2n) is 11.4. The van der Waals surface area contributed by atoms with Crippen molar-refractivity contribution in [1.82, 2.24) is 15.1 Å². The number of rotatable bonds is 8. The fraction of sp³-hybridized carbons (Fsp3) is 0.394. The quantitative estimate of drug-likeness (QED) is 0.299. The zero-order chi connectivity index (χ0) is 29.9. The van der Waals surface area contributed by atoms with Gasteiger partial charge in [-0.05, 0) is 67.3 Å². The molecule has 2 amide bonds. The van der Waals surface area contributed by atoms with Crippen molar-refractivity contribution in [3.63, 3.8) is 0 Å². The lowest BCUT2D eigenvalue weighted by Gasteiger charge is -2.42. The molecule has 3 atom stereocenters. The van der Waals surface area contributed by atoms with Crippen LogP contribution in [0.5, 0.6) is 5.75 Å². The fourth-order valence-electron chi connectivity index (χ4n) is 6.38. The number of ether oxygens (including phenoxy) is 1. The lowest BCUT2D eigenvalue weighted by Crippen LogP contribution is -2.54. The molecule has 2 heterocycles. The van der Waals surface area contributed by atoms with Gasteiger partial charge in [0.05, 0.1) is 22.1 Å². The normalized spacial score (nSPS) is 21.1. The maximum atomic E-state index is 13.7. The van der Waals surface area contributed by atoms with Gasteiger partial charge in [-0.3, -0.25) is 14.5 Å². The van der Waals surface area contributed by atoms with E-state index >= 15 is 0 Å². The van der Waals surface area contributed by atoms with Crippen molar-refractivity contribution in [2.75, 3.05) is 32.7 Å². The number of piperidine rings is 1. The summed E-state index contributed by atoms with van der Waals surface area (Å²) in [6, 6.07) is 23.2. The molecular formula is C33H36Cl3N3O3. The minimum atomic E-state index is -0.418. The van der Waals surface area contributed by atoms with E-state index in [0.717, 1.165) is 29.7 Å². The number of halogens is 3. The third-order valence-corrected chi connectivity index (χ3v) is 9.63. The van der Waals surface area contributed by atoms with Crippen molar-refractivity contribution in [1.29, 1.82) is 0 Å². The summed E-state index contributed by atoms with van der Waals surface area (Å²) in [4.78, 5) is 30.0. The standard InChI is InChI=1S/C33H36Cl3N3O3/c1-22(42-27-11-9-26(34)10-12-27)28-19-39(20-29(28)24-8-13-30(35)31(36)18-24)32(41)21-38-16-14-33(15-17-38,37-23(2)40)25-6-4-3-5-7-25/h3-13,18,22,28-29H,14-17,19-21H2,1-2H3,(H,37,40)/t22-,28-,29+/m0/s1. The first-order valence-electron chi connectivity index (χ1n) is 14.3. The number of likely N-dealkylation sites (tertiary alicyclic amines) is 2. The van der Waals surface area contributed by atoms with E-state index in [1.807, 2.05) is 72.5 Å². The van der Waals surface area contributed by atoms with Crippen molar-refractivity contribution in [2.24, 2.45) is 5.92 Å². The molecule has 222 valence electrons. The average Bonchev–Trinajstić information content (AvgIpc) is 3.43. The summed E-state index contributed by atoms with van der Waals surface area (Å²) in [6.45, 7) is 6.52. The summed E-state index contributed by atoms with van der Waals surface area (Å²) in [7, 11) is 0. The van der Waals surface area contributed by atoms with Crippen molar-refractivity contribution in [3.05, 3.63) is 99.0 Å². The number of carbonyl (C=O) groups excluding carboxylic acids is 2. The Morgan fingerprint density at radius 2 is 1.64 bits per heavy atom. The number of nitrogens with zero attached hydrogens (tertiary/aromatic N) is 2. The van der Waals surface area contributed by atoms with Crippen LogP contribution in [0.1, 0.15) is 43.7 Å².